The molecule has 0 bridgehead atoms. The van der Waals surface area contributed by atoms with Crippen LogP contribution in [0, 0.1) is 0 Å². The fraction of sp³-hybridized carbons (Fsp3) is 0.417. The lowest BCUT2D eigenvalue weighted by Crippen LogP contribution is -2.29. The summed E-state index contributed by atoms with van der Waals surface area (Å²) < 4.78 is 10.8. The van der Waals surface area contributed by atoms with Crippen molar-refractivity contribution >= 4 is 34.8 Å². The Kier molecular flexibility index (Phi) is 9.19. The SMILES string of the molecule is CCOCCCNC(=O)c1cc(NC(=O)COc2ccc(Cl)cc2)ccc1N1CCCC1. The third-order valence-corrected chi connectivity index (χ3v) is 5.36. The van der Waals surface area contributed by atoms with Gasteiger partial charge in [-0.05, 0) is 68.7 Å². The molecule has 0 radical (unpaired) electrons. The van der Waals surface area contributed by atoms with E-state index >= 15 is 0 Å². The number of amides is 2. The summed E-state index contributed by atoms with van der Waals surface area (Å²) in [6.07, 6.45) is 2.96. The van der Waals surface area contributed by atoms with Crippen molar-refractivity contribution < 1.29 is 19.1 Å². The molecule has 2 amide bonds. The molecular weight excluding hydrogens is 430 g/mol. The van der Waals surface area contributed by atoms with Gasteiger partial charge in [0.2, 0.25) is 0 Å². The van der Waals surface area contributed by atoms with Gasteiger partial charge in [0.1, 0.15) is 5.75 Å². The van der Waals surface area contributed by atoms with Gasteiger partial charge in [0.15, 0.2) is 6.61 Å². The number of ether oxygens (including phenoxy) is 2. The Morgan fingerprint density at radius 3 is 2.56 bits per heavy atom. The zero-order valence-electron chi connectivity index (χ0n) is 18.4. The average molecular weight is 460 g/mol. The third kappa shape index (κ3) is 7.14. The Hall–Kier alpha value is -2.77. The minimum absolute atomic E-state index is 0.144. The van der Waals surface area contributed by atoms with Crippen molar-refractivity contribution in [2.24, 2.45) is 0 Å². The molecule has 0 atom stereocenters. The summed E-state index contributed by atoms with van der Waals surface area (Å²) in [4.78, 5) is 27.5. The maximum absolute atomic E-state index is 12.9. The number of hydrogen-bond acceptors (Lipinski definition) is 5. The molecule has 1 heterocycles. The van der Waals surface area contributed by atoms with Crippen molar-refractivity contribution in [3.63, 3.8) is 0 Å². The van der Waals surface area contributed by atoms with Gasteiger partial charge in [-0.2, -0.15) is 0 Å². The first-order chi connectivity index (χ1) is 15.6. The number of nitrogens with zero attached hydrogens (tertiary/aromatic N) is 1. The quantitative estimate of drug-likeness (QED) is 0.494. The summed E-state index contributed by atoms with van der Waals surface area (Å²) in [6, 6.07) is 12.3. The van der Waals surface area contributed by atoms with E-state index in [0.29, 0.717) is 41.8 Å². The molecule has 2 aromatic rings. The van der Waals surface area contributed by atoms with Gasteiger partial charge < -0.3 is 25.0 Å². The van der Waals surface area contributed by atoms with Gasteiger partial charge in [0, 0.05) is 49.2 Å². The molecule has 2 aromatic carbocycles. The van der Waals surface area contributed by atoms with Crippen molar-refractivity contribution in [1.29, 1.82) is 0 Å². The van der Waals surface area contributed by atoms with Crippen LogP contribution in [0.15, 0.2) is 42.5 Å². The average Bonchev–Trinajstić information content (AvgIpc) is 3.33. The van der Waals surface area contributed by atoms with Gasteiger partial charge in [-0.3, -0.25) is 9.59 Å². The van der Waals surface area contributed by atoms with E-state index in [1.807, 2.05) is 19.1 Å². The number of hydrogen-bond donors (Lipinski definition) is 2. The zero-order chi connectivity index (χ0) is 22.8. The van der Waals surface area contributed by atoms with Crippen LogP contribution in [0.1, 0.15) is 36.5 Å². The van der Waals surface area contributed by atoms with E-state index in [1.54, 1.807) is 30.3 Å². The summed E-state index contributed by atoms with van der Waals surface area (Å²) in [5.41, 5.74) is 2.00. The molecule has 0 aliphatic carbocycles. The van der Waals surface area contributed by atoms with Crippen LogP contribution in [0.2, 0.25) is 5.02 Å². The van der Waals surface area contributed by atoms with Gasteiger partial charge in [0.25, 0.3) is 11.8 Å². The summed E-state index contributed by atoms with van der Waals surface area (Å²) >= 11 is 5.86. The second kappa shape index (κ2) is 12.3. The summed E-state index contributed by atoms with van der Waals surface area (Å²) in [5, 5.41) is 6.37. The Balaban J connectivity index is 1.63. The molecule has 0 saturated carbocycles. The number of benzene rings is 2. The second-order valence-electron chi connectivity index (χ2n) is 7.52. The zero-order valence-corrected chi connectivity index (χ0v) is 19.1. The van der Waals surface area contributed by atoms with E-state index < -0.39 is 0 Å². The first kappa shape index (κ1) is 23.9. The molecule has 0 spiro atoms. The number of carbonyl (C=O) groups excluding carboxylic acids is 2. The lowest BCUT2D eigenvalue weighted by Gasteiger charge is -2.22. The van der Waals surface area contributed by atoms with Crippen molar-refractivity contribution in [1.82, 2.24) is 5.32 Å². The molecule has 7 nitrogen and oxygen atoms in total. The van der Waals surface area contributed by atoms with Crippen molar-refractivity contribution in [3.05, 3.63) is 53.1 Å². The van der Waals surface area contributed by atoms with Gasteiger partial charge in [-0.1, -0.05) is 11.6 Å². The summed E-state index contributed by atoms with van der Waals surface area (Å²) in [6.45, 7) is 5.45. The van der Waals surface area contributed by atoms with E-state index in [2.05, 4.69) is 15.5 Å². The van der Waals surface area contributed by atoms with E-state index in [4.69, 9.17) is 21.1 Å². The lowest BCUT2D eigenvalue weighted by molar-refractivity contribution is -0.118. The van der Waals surface area contributed by atoms with Gasteiger partial charge in [0.05, 0.1) is 5.56 Å². The highest BCUT2D eigenvalue weighted by Crippen LogP contribution is 2.27. The molecule has 172 valence electrons. The van der Waals surface area contributed by atoms with Crippen molar-refractivity contribution in [2.45, 2.75) is 26.2 Å². The van der Waals surface area contributed by atoms with Crippen LogP contribution in [0.3, 0.4) is 0 Å². The molecule has 1 aliphatic heterocycles. The highest BCUT2D eigenvalue weighted by Gasteiger charge is 2.20. The molecule has 2 N–H and O–H groups in total. The van der Waals surface area contributed by atoms with Crippen LogP contribution < -0.4 is 20.3 Å². The second-order valence-corrected chi connectivity index (χ2v) is 7.96. The molecule has 8 heteroatoms. The van der Waals surface area contributed by atoms with Gasteiger partial charge >= 0.3 is 0 Å². The molecular formula is C24H30ClN3O4. The van der Waals surface area contributed by atoms with Crippen LogP contribution in [0.25, 0.3) is 0 Å². The van der Waals surface area contributed by atoms with E-state index in [1.165, 1.54) is 0 Å². The number of halogens is 1. The van der Waals surface area contributed by atoms with E-state index in [9.17, 15) is 9.59 Å². The maximum Gasteiger partial charge on any atom is 0.262 e. The molecule has 1 aliphatic rings. The normalized spacial score (nSPS) is 13.1. The molecule has 3 rings (SSSR count). The minimum Gasteiger partial charge on any atom is -0.484 e. The maximum atomic E-state index is 12.9. The Labute approximate surface area is 194 Å². The van der Waals surface area contributed by atoms with Gasteiger partial charge in [-0.15, -0.1) is 0 Å². The fourth-order valence-electron chi connectivity index (χ4n) is 3.52. The Morgan fingerprint density at radius 1 is 1.09 bits per heavy atom. The number of rotatable bonds is 11. The van der Waals surface area contributed by atoms with Crippen molar-refractivity contribution in [2.75, 3.05) is 49.7 Å². The Morgan fingerprint density at radius 2 is 1.84 bits per heavy atom. The first-order valence-electron chi connectivity index (χ1n) is 11.0. The van der Waals surface area contributed by atoms with Crippen molar-refractivity contribution in [3.8, 4) is 5.75 Å². The van der Waals surface area contributed by atoms with E-state index in [-0.39, 0.29) is 18.4 Å². The van der Waals surface area contributed by atoms with Crippen LogP contribution in [0.5, 0.6) is 5.75 Å². The molecule has 0 unspecified atom stereocenters. The van der Waals surface area contributed by atoms with E-state index in [0.717, 1.165) is 38.0 Å². The minimum atomic E-state index is -0.308. The molecule has 0 aromatic heterocycles. The number of anilines is 2. The summed E-state index contributed by atoms with van der Waals surface area (Å²) in [5.74, 6) is 0.0925. The standard InChI is InChI=1S/C24H30ClN3O4/c1-2-31-15-5-12-26-24(30)21-16-19(8-11-22(21)28-13-3-4-14-28)27-23(29)17-32-20-9-6-18(25)7-10-20/h6-11,16H,2-5,12-15,17H2,1H3,(H,26,30)(H,27,29). The van der Waals surface area contributed by atoms with Crippen LogP contribution in [-0.2, 0) is 9.53 Å². The summed E-state index contributed by atoms with van der Waals surface area (Å²) in [7, 11) is 0. The largest absolute Gasteiger partial charge is 0.484 e. The van der Waals surface area contributed by atoms with Crippen LogP contribution >= 0.6 is 11.6 Å². The van der Waals surface area contributed by atoms with Crippen LogP contribution in [-0.4, -0.2) is 51.3 Å². The monoisotopic (exact) mass is 459 g/mol. The fourth-order valence-corrected chi connectivity index (χ4v) is 3.65. The highest BCUT2D eigenvalue weighted by molar-refractivity contribution is 6.30. The lowest BCUT2D eigenvalue weighted by atomic mass is 10.1. The number of nitrogens with one attached hydrogen (secondary N) is 2. The number of carbonyl (C=O) groups is 2. The van der Waals surface area contributed by atoms with Crippen LogP contribution in [0.4, 0.5) is 11.4 Å². The third-order valence-electron chi connectivity index (χ3n) is 5.11. The smallest absolute Gasteiger partial charge is 0.262 e. The predicted molar refractivity (Wildman–Crippen MR) is 127 cm³/mol. The first-order valence-corrected chi connectivity index (χ1v) is 11.4. The highest BCUT2D eigenvalue weighted by atomic mass is 35.5. The topological polar surface area (TPSA) is 79.9 Å². The Bertz CT molecular complexity index is 899. The molecule has 1 saturated heterocycles. The van der Waals surface area contributed by atoms with Gasteiger partial charge in [-0.25, -0.2) is 0 Å². The molecule has 1 fully saturated rings. The molecule has 32 heavy (non-hydrogen) atoms. The predicted octanol–water partition coefficient (Wildman–Crippen LogP) is 4.11.